The molecule has 0 aliphatic carbocycles. The van der Waals surface area contributed by atoms with Gasteiger partial charge < -0.3 is 0 Å². The molecule has 2 aliphatic rings. The van der Waals surface area contributed by atoms with Crippen molar-refractivity contribution < 1.29 is 14.4 Å². The van der Waals surface area contributed by atoms with Gasteiger partial charge in [-0.2, -0.15) is 0 Å². The van der Waals surface area contributed by atoms with Crippen LogP contribution < -0.4 is 5.06 Å². The van der Waals surface area contributed by atoms with E-state index in [0.29, 0.717) is 0 Å². The van der Waals surface area contributed by atoms with Crippen molar-refractivity contribution in [3.63, 3.8) is 0 Å². The third-order valence-corrected chi connectivity index (χ3v) is 5.45. The number of aromatic nitrogens is 1. The highest BCUT2D eigenvalue weighted by atomic mass is 16.7. The highest BCUT2D eigenvalue weighted by molar-refractivity contribution is 6.07. The molecule has 2 saturated heterocycles. The lowest BCUT2D eigenvalue weighted by Crippen LogP contribution is -2.36. The number of imide groups is 1. The zero-order valence-electron chi connectivity index (χ0n) is 15.6. The van der Waals surface area contributed by atoms with Gasteiger partial charge in [0.15, 0.2) is 6.10 Å². The maximum Gasteiger partial charge on any atom is 0.262 e. The van der Waals surface area contributed by atoms with E-state index in [0.717, 1.165) is 16.8 Å². The molecule has 2 aromatic carbocycles. The first-order chi connectivity index (χ1) is 14.2. The molecule has 0 saturated carbocycles. The van der Waals surface area contributed by atoms with E-state index in [1.54, 1.807) is 17.5 Å². The largest absolute Gasteiger partial charge is 0.275 e. The minimum atomic E-state index is -0.829. The summed E-state index contributed by atoms with van der Waals surface area (Å²) in [7, 11) is 0. The Morgan fingerprint density at radius 2 is 1.48 bits per heavy atom. The molecule has 6 heteroatoms. The van der Waals surface area contributed by atoms with Crippen molar-refractivity contribution in [2.75, 3.05) is 5.06 Å². The van der Waals surface area contributed by atoms with Crippen LogP contribution in [-0.4, -0.2) is 27.8 Å². The first-order valence-corrected chi connectivity index (χ1v) is 9.54. The minimum Gasteiger partial charge on any atom is -0.275 e. The van der Waals surface area contributed by atoms with Gasteiger partial charge in [0.2, 0.25) is 5.91 Å². The summed E-state index contributed by atoms with van der Waals surface area (Å²) in [4.78, 5) is 37.9. The number of hydrogen-bond acceptors (Lipinski definition) is 5. The average Bonchev–Trinajstić information content (AvgIpc) is 3.28. The normalized spacial score (nSPS) is 23.5. The number of fused-ring (bicyclic) bond motifs is 1. The fraction of sp³-hybridized carbons (Fsp3) is 0.174. The molecule has 0 N–H and O–H groups in total. The zero-order valence-corrected chi connectivity index (χ0v) is 15.6. The number of hydroxylamine groups is 1. The van der Waals surface area contributed by atoms with Crippen LogP contribution in [0.5, 0.6) is 0 Å². The van der Waals surface area contributed by atoms with Gasteiger partial charge in [-0.25, -0.2) is 5.06 Å². The Balaban J connectivity index is 1.52. The van der Waals surface area contributed by atoms with Crippen LogP contribution in [0.1, 0.15) is 17.2 Å². The number of amides is 2. The molecule has 0 radical (unpaired) electrons. The Morgan fingerprint density at radius 3 is 2.17 bits per heavy atom. The van der Waals surface area contributed by atoms with E-state index < -0.39 is 18.1 Å². The minimum absolute atomic E-state index is 0.205. The predicted octanol–water partition coefficient (Wildman–Crippen LogP) is 3.13. The van der Waals surface area contributed by atoms with Crippen LogP contribution in [0.3, 0.4) is 0 Å². The summed E-state index contributed by atoms with van der Waals surface area (Å²) in [6.07, 6.45) is 2.55. The van der Waals surface area contributed by atoms with E-state index in [2.05, 4.69) is 4.98 Å². The molecule has 2 fully saturated rings. The van der Waals surface area contributed by atoms with Crippen molar-refractivity contribution in [3.8, 4) is 0 Å². The Bertz CT molecular complexity index is 1030. The second-order valence-corrected chi connectivity index (χ2v) is 7.19. The summed E-state index contributed by atoms with van der Waals surface area (Å²) in [5, 5.41) is 1.69. The summed E-state index contributed by atoms with van der Waals surface area (Å²) in [6.45, 7) is 0.253. The molecular weight excluding hydrogens is 366 g/mol. The Morgan fingerprint density at radius 1 is 0.828 bits per heavy atom. The van der Waals surface area contributed by atoms with Gasteiger partial charge in [-0.3, -0.25) is 24.3 Å². The molecule has 0 bridgehead atoms. The standard InChI is InChI=1S/C23H19N3O3/c27-22-19-20(17-11-13-24-14-12-17)26(18-9-5-2-6-10-18)29-21(19)23(28)25(22)15-16-7-3-1-4-8-16/h1-14,19-21H,15H2/t19-,20+,21+/m1/s1. The molecule has 0 unspecified atom stereocenters. The Labute approximate surface area is 168 Å². The van der Waals surface area contributed by atoms with Gasteiger partial charge in [0.1, 0.15) is 5.92 Å². The average molecular weight is 385 g/mol. The molecule has 5 rings (SSSR count). The van der Waals surface area contributed by atoms with Gasteiger partial charge in [0.05, 0.1) is 18.3 Å². The van der Waals surface area contributed by atoms with Crippen LogP contribution >= 0.6 is 0 Å². The molecule has 2 amide bonds. The van der Waals surface area contributed by atoms with Crippen LogP contribution in [0.2, 0.25) is 0 Å². The summed E-state index contributed by atoms with van der Waals surface area (Å²) < 4.78 is 0. The summed E-state index contributed by atoms with van der Waals surface area (Å²) in [5.74, 6) is -1.10. The number of para-hydroxylation sites is 1. The predicted molar refractivity (Wildman–Crippen MR) is 106 cm³/mol. The SMILES string of the molecule is O=C1[C@H]2[C@H](ON(c3ccccc3)[C@H]2c2ccncc2)C(=O)N1Cc1ccccc1. The monoisotopic (exact) mass is 385 g/mol. The van der Waals surface area contributed by atoms with Crippen molar-refractivity contribution in [2.24, 2.45) is 5.92 Å². The number of anilines is 1. The molecule has 1 aromatic heterocycles. The number of likely N-dealkylation sites (tertiary alicyclic amines) is 1. The van der Waals surface area contributed by atoms with Crippen LogP contribution in [0.25, 0.3) is 0 Å². The fourth-order valence-corrected chi connectivity index (χ4v) is 4.09. The van der Waals surface area contributed by atoms with Gasteiger partial charge in [-0.15, -0.1) is 0 Å². The highest BCUT2D eigenvalue weighted by Gasteiger charge is 2.59. The second kappa shape index (κ2) is 7.14. The fourth-order valence-electron chi connectivity index (χ4n) is 4.09. The number of pyridine rings is 1. The van der Waals surface area contributed by atoms with Crippen LogP contribution in [-0.2, 0) is 21.0 Å². The van der Waals surface area contributed by atoms with Crippen LogP contribution in [0.4, 0.5) is 5.69 Å². The van der Waals surface area contributed by atoms with Crippen molar-refractivity contribution in [1.29, 1.82) is 0 Å². The lowest BCUT2D eigenvalue weighted by molar-refractivity contribution is -0.143. The van der Waals surface area contributed by atoms with Crippen molar-refractivity contribution in [1.82, 2.24) is 9.88 Å². The Hall–Kier alpha value is -3.51. The summed E-state index contributed by atoms with van der Waals surface area (Å²) in [6, 6.07) is 22.4. The number of carbonyl (C=O) groups excluding carboxylic acids is 2. The van der Waals surface area contributed by atoms with E-state index in [4.69, 9.17) is 4.84 Å². The molecule has 6 nitrogen and oxygen atoms in total. The highest BCUT2D eigenvalue weighted by Crippen LogP contribution is 2.46. The first-order valence-electron chi connectivity index (χ1n) is 9.54. The van der Waals surface area contributed by atoms with Gasteiger partial charge in [-0.1, -0.05) is 48.5 Å². The number of carbonyl (C=O) groups is 2. The quantitative estimate of drug-likeness (QED) is 0.646. The number of rotatable bonds is 4. The lowest BCUT2D eigenvalue weighted by Gasteiger charge is -2.28. The summed E-state index contributed by atoms with van der Waals surface area (Å²) in [5.41, 5.74) is 2.60. The molecule has 3 atom stereocenters. The van der Waals surface area contributed by atoms with Crippen molar-refractivity contribution >= 4 is 17.5 Å². The van der Waals surface area contributed by atoms with Gasteiger partial charge in [-0.05, 0) is 35.4 Å². The van der Waals surface area contributed by atoms with Gasteiger partial charge in [0, 0.05) is 12.4 Å². The van der Waals surface area contributed by atoms with Crippen LogP contribution in [0, 0.1) is 5.92 Å². The second-order valence-electron chi connectivity index (χ2n) is 7.19. The van der Waals surface area contributed by atoms with Crippen LogP contribution in [0.15, 0.2) is 85.2 Å². The summed E-state index contributed by atoms with van der Waals surface area (Å²) >= 11 is 0. The van der Waals surface area contributed by atoms with Gasteiger partial charge >= 0.3 is 0 Å². The molecule has 3 heterocycles. The first kappa shape index (κ1) is 17.6. The van der Waals surface area contributed by atoms with Crippen molar-refractivity contribution in [2.45, 2.75) is 18.7 Å². The number of nitrogens with zero attached hydrogens (tertiary/aromatic N) is 3. The third kappa shape index (κ3) is 2.98. The van der Waals surface area contributed by atoms with Gasteiger partial charge in [0.25, 0.3) is 5.91 Å². The molecule has 29 heavy (non-hydrogen) atoms. The third-order valence-electron chi connectivity index (χ3n) is 5.45. The molecule has 144 valence electrons. The van der Waals surface area contributed by atoms with E-state index in [1.165, 1.54) is 4.90 Å². The Kier molecular flexibility index (Phi) is 4.33. The molecule has 0 spiro atoms. The van der Waals surface area contributed by atoms with E-state index >= 15 is 0 Å². The van der Waals surface area contributed by atoms with Crippen molar-refractivity contribution in [3.05, 3.63) is 96.3 Å². The number of hydrogen-bond donors (Lipinski definition) is 0. The zero-order chi connectivity index (χ0) is 19.8. The smallest absolute Gasteiger partial charge is 0.262 e. The number of benzene rings is 2. The maximum absolute atomic E-state index is 13.3. The molecular formula is C23H19N3O3. The maximum atomic E-state index is 13.3. The van der Waals surface area contributed by atoms with E-state index in [-0.39, 0.29) is 18.4 Å². The lowest BCUT2D eigenvalue weighted by atomic mass is 9.91. The molecule has 3 aromatic rings. The topological polar surface area (TPSA) is 62.7 Å². The molecule has 2 aliphatic heterocycles. The van der Waals surface area contributed by atoms with E-state index in [9.17, 15) is 9.59 Å². The van der Waals surface area contributed by atoms with E-state index in [1.807, 2.05) is 72.8 Å².